The van der Waals surface area contributed by atoms with Crippen molar-refractivity contribution in [2.75, 3.05) is 7.11 Å². The number of nitrogens with one attached hydrogen (secondary N) is 1. The third-order valence-electron chi connectivity index (χ3n) is 1.71. The molecule has 0 amide bonds. The number of thiocarbonyl (C=S) groups is 1. The Balaban J connectivity index is 2.95. The highest BCUT2D eigenvalue weighted by Crippen LogP contribution is 2.31. The molecule has 0 aliphatic rings. The summed E-state index contributed by atoms with van der Waals surface area (Å²) in [5.41, 5.74) is 7.85. The zero-order valence-electron chi connectivity index (χ0n) is 8.47. The van der Waals surface area contributed by atoms with Crippen molar-refractivity contribution in [2.45, 2.75) is 0 Å². The summed E-state index contributed by atoms with van der Waals surface area (Å²) in [6.45, 7) is 0. The van der Waals surface area contributed by atoms with Crippen molar-refractivity contribution < 1.29 is 14.9 Å². The van der Waals surface area contributed by atoms with Gasteiger partial charge < -0.3 is 20.7 Å². The van der Waals surface area contributed by atoms with E-state index in [9.17, 15) is 10.2 Å². The largest absolute Gasteiger partial charge is 0.507 e. The van der Waals surface area contributed by atoms with Crippen LogP contribution < -0.4 is 15.9 Å². The number of hydrazone groups is 1. The number of phenolic OH excluding ortho intramolecular Hbond substituents is 2. The molecule has 0 spiro atoms. The lowest BCUT2D eigenvalue weighted by Gasteiger charge is -2.05. The maximum absolute atomic E-state index is 9.48. The van der Waals surface area contributed by atoms with Gasteiger partial charge in [-0.15, -0.1) is 0 Å². The molecule has 1 aromatic carbocycles. The highest BCUT2D eigenvalue weighted by Gasteiger charge is 2.07. The van der Waals surface area contributed by atoms with Gasteiger partial charge in [0.25, 0.3) is 0 Å². The summed E-state index contributed by atoms with van der Waals surface area (Å²) in [6, 6.07) is 2.58. The van der Waals surface area contributed by atoms with Crippen LogP contribution in [0.3, 0.4) is 0 Å². The van der Waals surface area contributed by atoms with Crippen LogP contribution in [0.25, 0.3) is 0 Å². The fourth-order valence-corrected chi connectivity index (χ4v) is 1.06. The Hall–Kier alpha value is -2.02. The number of hydrogen-bond acceptors (Lipinski definition) is 5. The Bertz CT molecular complexity index is 434. The summed E-state index contributed by atoms with van der Waals surface area (Å²) in [5.74, 6) is -0.0548. The molecule has 5 N–H and O–H groups in total. The summed E-state index contributed by atoms with van der Waals surface area (Å²) in [6.07, 6.45) is 1.30. The fraction of sp³-hybridized carbons (Fsp3) is 0.111. The summed E-state index contributed by atoms with van der Waals surface area (Å²) >= 11 is 4.54. The molecule has 0 saturated carbocycles. The number of ether oxygens (including phenoxy) is 1. The SMILES string of the molecule is COc1cc(C=NNC(N)=S)c(O)cc1O. The lowest BCUT2D eigenvalue weighted by molar-refractivity contribution is 0.369. The van der Waals surface area contributed by atoms with Crippen LogP contribution in [0, 0.1) is 0 Å². The van der Waals surface area contributed by atoms with Crippen molar-refractivity contribution >= 4 is 23.5 Å². The van der Waals surface area contributed by atoms with E-state index in [0.717, 1.165) is 6.07 Å². The molecule has 0 saturated heterocycles. The van der Waals surface area contributed by atoms with Crippen molar-refractivity contribution in [3.05, 3.63) is 17.7 Å². The minimum atomic E-state index is -0.153. The third-order valence-corrected chi connectivity index (χ3v) is 1.80. The molecule has 0 aliphatic heterocycles. The van der Waals surface area contributed by atoms with Crippen LogP contribution in [0.1, 0.15) is 5.56 Å². The predicted octanol–water partition coefficient (Wildman–Crippen LogP) is 0.273. The van der Waals surface area contributed by atoms with Gasteiger partial charge in [-0.3, -0.25) is 5.43 Å². The third kappa shape index (κ3) is 2.99. The lowest BCUT2D eigenvalue weighted by Crippen LogP contribution is -2.23. The van der Waals surface area contributed by atoms with Gasteiger partial charge in [-0.1, -0.05) is 0 Å². The topological polar surface area (TPSA) is 100 Å². The quantitative estimate of drug-likeness (QED) is 0.344. The van der Waals surface area contributed by atoms with E-state index < -0.39 is 0 Å². The number of aromatic hydroxyl groups is 2. The average molecular weight is 241 g/mol. The summed E-state index contributed by atoms with van der Waals surface area (Å²) in [7, 11) is 1.40. The standard InChI is InChI=1S/C9H11N3O3S/c1-15-8-2-5(4-11-12-9(10)16)6(13)3-7(8)14/h2-4,13-14H,1H3,(H3,10,12,16). The number of methoxy groups -OCH3 is 1. The Morgan fingerprint density at radius 1 is 1.50 bits per heavy atom. The first-order valence-electron chi connectivity index (χ1n) is 4.23. The number of phenols is 2. The number of nitrogens with two attached hydrogens (primary N) is 1. The lowest BCUT2D eigenvalue weighted by atomic mass is 10.2. The first kappa shape index (κ1) is 12.1. The molecule has 0 bridgehead atoms. The molecule has 7 heteroatoms. The fourth-order valence-electron chi connectivity index (χ4n) is 1.01. The summed E-state index contributed by atoms with van der Waals surface area (Å²) in [5, 5.41) is 22.5. The Morgan fingerprint density at radius 2 is 2.19 bits per heavy atom. The van der Waals surface area contributed by atoms with E-state index in [-0.39, 0.29) is 22.4 Å². The van der Waals surface area contributed by atoms with Gasteiger partial charge in [0.2, 0.25) is 0 Å². The van der Waals surface area contributed by atoms with Gasteiger partial charge in [0.15, 0.2) is 16.6 Å². The second-order valence-electron chi connectivity index (χ2n) is 2.82. The van der Waals surface area contributed by atoms with Crippen LogP contribution in [-0.2, 0) is 0 Å². The van der Waals surface area contributed by atoms with Crippen LogP contribution >= 0.6 is 12.2 Å². The molecule has 6 nitrogen and oxygen atoms in total. The number of rotatable bonds is 3. The molecule has 0 unspecified atom stereocenters. The van der Waals surface area contributed by atoms with Crippen molar-refractivity contribution in [3.63, 3.8) is 0 Å². The van der Waals surface area contributed by atoms with E-state index in [1.54, 1.807) is 0 Å². The van der Waals surface area contributed by atoms with E-state index in [0.29, 0.717) is 5.56 Å². The molecule has 0 fully saturated rings. The highest BCUT2D eigenvalue weighted by atomic mass is 32.1. The number of hydrogen-bond donors (Lipinski definition) is 4. The van der Waals surface area contributed by atoms with E-state index in [1.807, 2.05) is 0 Å². The van der Waals surface area contributed by atoms with Crippen molar-refractivity contribution in [1.82, 2.24) is 5.43 Å². The van der Waals surface area contributed by atoms with Crippen molar-refractivity contribution in [1.29, 1.82) is 0 Å². The van der Waals surface area contributed by atoms with Crippen molar-refractivity contribution in [3.8, 4) is 17.2 Å². The number of nitrogens with zero attached hydrogens (tertiary/aromatic N) is 1. The highest BCUT2D eigenvalue weighted by molar-refractivity contribution is 7.80. The maximum atomic E-state index is 9.48. The first-order chi connectivity index (χ1) is 7.54. The van der Waals surface area contributed by atoms with Gasteiger partial charge in [-0.05, 0) is 18.3 Å². The van der Waals surface area contributed by atoms with Crippen LogP contribution in [-0.4, -0.2) is 28.6 Å². The molecule has 0 aliphatic carbocycles. The normalized spacial score (nSPS) is 10.3. The monoisotopic (exact) mass is 241 g/mol. The minimum Gasteiger partial charge on any atom is -0.507 e. The van der Waals surface area contributed by atoms with Gasteiger partial charge >= 0.3 is 0 Å². The van der Waals surface area contributed by atoms with Gasteiger partial charge in [0, 0.05) is 11.6 Å². The average Bonchev–Trinajstić information content (AvgIpc) is 2.20. The van der Waals surface area contributed by atoms with Gasteiger partial charge in [-0.2, -0.15) is 5.10 Å². The second kappa shape index (κ2) is 5.17. The first-order valence-corrected chi connectivity index (χ1v) is 4.64. The zero-order valence-corrected chi connectivity index (χ0v) is 9.28. The van der Waals surface area contributed by atoms with Crippen LogP contribution in [0.4, 0.5) is 0 Å². The molecule has 1 aromatic rings. The van der Waals surface area contributed by atoms with Crippen LogP contribution in [0.15, 0.2) is 17.2 Å². The molecule has 0 aromatic heterocycles. The van der Waals surface area contributed by atoms with Gasteiger partial charge in [-0.25, -0.2) is 0 Å². The van der Waals surface area contributed by atoms with Crippen LogP contribution in [0.5, 0.6) is 17.2 Å². The van der Waals surface area contributed by atoms with E-state index in [4.69, 9.17) is 10.5 Å². The molecule has 0 heterocycles. The van der Waals surface area contributed by atoms with Gasteiger partial charge in [0.05, 0.1) is 13.3 Å². The number of benzene rings is 1. The van der Waals surface area contributed by atoms with E-state index >= 15 is 0 Å². The van der Waals surface area contributed by atoms with Crippen molar-refractivity contribution in [2.24, 2.45) is 10.8 Å². The van der Waals surface area contributed by atoms with E-state index in [1.165, 1.54) is 19.4 Å². The summed E-state index contributed by atoms with van der Waals surface area (Å²) < 4.78 is 4.87. The Labute approximate surface area is 97.3 Å². The Kier molecular flexibility index (Phi) is 3.90. The predicted molar refractivity (Wildman–Crippen MR) is 63.8 cm³/mol. The Morgan fingerprint density at radius 3 is 2.75 bits per heavy atom. The molecule has 0 atom stereocenters. The zero-order chi connectivity index (χ0) is 12.1. The second-order valence-corrected chi connectivity index (χ2v) is 3.26. The van der Waals surface area contributed by atoms with E-state index in [2.05, 4.69) is 22.7 Å². The maximum Gasteiger partial charge on any atom is 0.184 e. The minimum absolute atomic E-state index is 0.0153. The molecule has 16 heavy (non-hydrogen) atoms. The smallest absolute Gasteiger partial charge is 0.184 e. The molecule has 1 rings (SSSR count). The molecule has 0 radical (unpaired) electrons. The van der Waals surface area contributed by atoms with Crippen LogP contribution in [0.2, 0.25) is 0 Å². The summed E-state index contributed by atoms with van der Waals surface area (Å²) in [4.78, 5) is 0. The molecular formula is C9H11N3O3S. The molecular weight excluding hydrogens is 230 g/mol. The molecule has 86 valence electrons. The van der Waals surface area contributed by atoms with Gasteiger partial charge in [0.1, 0.15) is 5.75 Å².